The van der Waals surface area contributed by atoms with Gasteiger partial charge in [0.2, 0.25) is 6.35 Å². The molecule has 32 heavy (non-hydrogen) atoms. The molecular formula is C22H21ClN6O2S. The van der Waals surface area contributed by atoms with Gasteiger partial charge in [-0.2, -0.15) is 0 Å². The summed E-state index contributed by atoms with van der Waals surface area (Å²) in [5, 5.41) is 7.57. The third-order valence-corrected chi connectivity index (χ3v) is 6.28. The fraction of sp³-hybridized carbons (Fsp3) is 0.227. The largest absolute Gasteiger partial charge is 0.485 e. The number of anilines is 3. The van der Waals surface area contributed by atoms with Crippen LogP contribution in [0.4, 0.5) is 17.2 Å². The van der Waals surface area contributed by atoms with Crippen LogP contribution in [0.2, 0.25) is 5.02 Å². The van der Waals surface area contributed by atoms with E-state index in [2.05, 4.69) is 32.1 Å². The number of ether oxygens (including phenoxy) is 2. The molecule has 1 saturated heterocycles. The Kier molecular flexibility index (Phi) is 5.69. The van der Waals surface area contributed by atoms with Crippen LogP contribution in [0.25, 0.3) is 10.9 Å². The van der Waals surface area contributed by atoms with Crippen molar-refractivity contribution in [3.05, 3.63) is 64.3 Å². The summed E-state index contributed by atoms with van der Waals surface area (Å²) in [6, 6.07) is 11.7. The fourth-order valence-corrected chi connectivity index (χ4v) is 4.42. The van der Waals surface area contributed by atoms with Gasteiger partial charge in [0.15, 0.2) is 0 Å². The number of rotatable bonds is 6. The highest BCUT2D eigenvalue weighted by molar-refractivity contribution is 7.09. The molecule has 2 aromatic carbocycles. The molecule has 8 nitrogen and oxygen atoms in total. The summed E-state index contributed by atoms with van der Waals surface area (Å²) in [7, 11) is 0. The van der Waals surface area contributed by atoms with Crippen molar-refractivity contribution < 1.29 is 9.47 Å². The Morgan fingerprint density at radius 2 is 2.16 bits per heavy atom. The third kappa shape index (κ3) is 4.14. The van der Waals surface area contributed by atoms with Gasteiger partial charge in [-0.3, -0.25) is 0 Å². The Morgan fingerprint density at radius 1 is 1.25 bits per heavy atom. The summed E-state index contributed by atoms with van der Waals surface area (Å²) in [5.74, 6) is 1.06. The maximum absolute atomic E-state index is 6.53. The monoisotopic (exact) mass is 468 g/mol. The van der Waals surface area contributed by atoms with Crippen molar-refractivity contribution in [3.63, 3.8) is 0 Å². The minimum absolute atomic E-state index is 0.152. The van der Waals surface area contributed by atoms with E-state index in [0.717, 1.165) is 27.3 Å². The molecule has 0 bridgehead atoms. The van der Waals surface area contributed by atoms with Crippen molar-refractivity contribution in [2.75, 3.05) is 22.6 Å². The highest BCUT2D eigenvalue weighted by atomic mass is 35.5. The lowest BCUT2D eigenvalue weighted by Crippen LogP contribution is -2.40. The smallest absolute Gasteiger partial charge is 0.208 e. The summed E-state index contributed by atoms with van der Waals surface area (Å²) < 4.78 is 11.8. The number of nitrogens with two attached hydrogens (primary N) is 1. The van der Waals surface area contributed by atoms with Crippen LogP contribution in [-0.2, 0) is 11.3 Å². The quantitative estimate of drug-likeness (QED) is 0.426. The second kappa shape index (κ2) is 8.78. The van der Waals surface area contributed by atoms with E-state index in [1.807, 2.05) is 41.8 Å². The molecule has 10 heteroatoms. The molecule has 0 radical (unpaired) electrons. The molecular weight excluding hydrogens is 448 g/mol. The molecule has 5 rings (SSSR count). The zero-order valence-electron chi connectivity index (χ0n) is 17.2. The highest BCUT2D eigenvalue weighted by Gasteiger charge is 2.32. The molecule has 1 unspecified atom stereocenters. The lowest BCUT2D eigenvalue weighted by molar-refractivity contribution is 0.131. The second-order valence-corrected chi connectivity index (χ2v) is 8.79. The molecule has 1 aliphatic rings. The molecule has 4 aromatic rings. The van der Waals surface area contributed by atoms with Crippen LogP contribution in [-0.4, -0.2) is 34.0 Å². The van der Waals surface area contributed by atoms with Crippen LogP contribution < -0.4 is 20.7 Å². The van der Waals surface area contributed by atoms with Gasteiger partial charge in [-0.25, -0.2) is 15.0 Å². The van der Waals surface area contributed by atoms with Gasteiger partial charge < -0.3 is 25.4 Å². The molecule has 164 valence electrons. The van der Waals surface area contributed by atoms with Crippen LogP contribution in [0.1, 0.15) is 11.9 Å². The number of nitrogen functional groups attached to an aromatic ring is 1. The first kappa shape index (κ1) is 20.7. The normalized spacial score (nSPS) is 18.2. The molecule has 3 N–H and O–H groups in total. The van der Waals surface area contributed by atoms with E-state index in [-0.39, 0.29) is 12.4 Å². The van der Waals surface area contributed by atoms with E-state index < -0.39 is 0 Å². The maximum atomic E-state index is 6.53. The number of nitrogens with one attached hydrogen (secondary N) is 1. The van der Waals surface area contributed by atoms with Gasteiger partial charge in [0.25, 0.3) is 0 Å². The Morgan fingerprint density at radius 3 is 2.97 bits per heavy atom. The van der Waals surface area contributed by atoms with Gasteiger partial charge in [-0.15, -0.1) is 11.3 Å². The van der Waals surface area contributed by atoms with E-state index in [1.54, 1.807) is 17.5 Å². The number of fused-ring (bicyclic) bond motifs is 1. The van der Waals surface area contributed by atoms with Gasteiger partial charge in [0.05, 0.1) is 23.2 Å². The molecule has 3 heterocycles. The lowest BCUT2D eigenvalue weighted by atomic mass is 10.2. The maximum Gasteiger partial charge on any atom is 0.208 e. The Bertz CT molecular complexity index is 1240. The number of hydrogen-bond acceptors (Lipinski definition) is 9. The highest BCUT2D eigenvalue weighted by Crippen LogP contribution is 2.34. The Labute approximate surface area is 194 Å². The molecule has 1 aliphatic heterocycles. The topological polar surface area (TPSA) is 98.4 Å². The van der Waals surface area contributed by atoms with E-state index in [9.17, 15) is 0 Å². The van der Waals surface area contributed by atoms with Gasteiger partial charge in [0, 0.05) is 28.3 Å². The van der Waals surface area contributed by atoms with Crippen molar-refractivity contribution in [2.24, 2.45) is 0 Å². The zero-order valence-corrected chi connectivity index (χ0v) is 18.8. The molecule has 2 atom stereocenters. The van der Waals surface area contributed by atoms with Crippen molar-refractivity contribution in [1.82, 2.24) is 15.0 Å². The summed E-state index contributed by atoms with van der Waals surface area (Å²) in [5.41, 5.74) is 8.59. The fourth-order valence-electron chi connectivity index (χ4n) is 3.66. The standard InChI is InChI=1S/C22H21ClN6O2S/c1-13-10-31-22(28-14-2-4-18-16(8-14)21(24)27-12-26-18)29(13)15-3-5-19(17(23)9-15)30-11-20-25-6-7-32-20/h2-9,12-13,22,28H,10-11H2,1H3,(H2,24,26,27)/t13-,22?/m0/s1. The predicted octanol–water partition coefficient (Wildman–Crippen LogP) is 4.52. The van der Waals surface area contributed by atoms with Crippen molar-refractivity contribution in [1.29, 1.82) is 0 Å². The number of hydrogen-bond donors (Lipinski definition) is 2. The molecule has 0 spiro atoms. The average molecular weight is 469 g/mol. The first-order valence-corrected chi connectivity index (χ1v) is 11.3. The number of thiazole rings is 1. The summed E-state index contributed by atoms with van der Waals surface area (Å²) >= 11 is 8.08. The van der Waals surface area contributed by atoms with Crippen LogP contribution in [0.3, 0.4) is 0 Å². The lowest BCUT2D eigenvalue weighted by Gasteiger charge is -2.30. The van der Waals surface area contributed by atoms with Gasteiger partial charge in [-0.05, 0) is 43.3 Å². The zero-order chi connectivity index (χ0) is 22.1. The minimum Gasteiger partial charge on any atom is -0.485 e. The van der Waals surface area contributed by atoms with Crippen molar-refractivity contribution in [2.45, 2.75) is 25.9 Å². The number of benzene rings is 2. The Hall–Kier alpha value is -3.14. The number of nitrogens with zero attached hydrogens (tertiary/aromatic N) is 4. The van der Waals surface area contributed by atoms with Crippen LogP contribution in [0.5, 0.6) is 5.75 Å². The average Bonchev–Trinajstić information content (AvgIpc) is 3.43. The van der Waals surface area contributed by atoms with E-state index in [4.69, 9.17) is 26.8 Å². The third-order valence-electron chi connectivity index (χ3n) is 5.23. The first-order chi connectivity index (χ1) is 15.6. The minimum atomic E-state index is -0.369. The first-order valence-electron chi connectivity index (χ1n) is 10.1. The predicted molar refractivity (Wildman–Crippen MR) is 127 cm³/mol. The van der Waals surface area contributed by atoms with E-state index in [0.29, 0.717) is 29.8 Å². The number of aromatic nitrogens is 3. The summed E-state index contributed by atoms with van der Waals surface area (Å²) in [6.07, 6.45) is 2.85. The molecule has 0 aliphatic carbocycles. The van der Waals surface area contributed by atoms with E-state index in [1.165, 1.54) is 6.33 Å². The summed E-state index contributed by atoms with van der Waals surface area (Å²) in [6.45, 7) is 3.07. The van der Waals surface area contributed by atoms with Crippen LogP contribution in [0.15, 0.2) is 54.3 Å². The molecule has 0 amide bonds. The number of halogens is 1. The van der Waals surface area contributed by atoms with Crippen molar-refractivity contribution >= 4 is 51.0 Å². The van der Waals surface area contributed by atoms with Gasteiger partial charge >= 0.3 is 0 Å². The van der Waals surface area contributed by atoms with Gasteiger partial charge in [0.1, 0.15) is 29.5 Å². The molecule has 2 aromatic heterocycles. The van der Waals surface area contributed by atoms with Crippen LogP contribution >= 0.6 is 22.9 Å². The molecule has 0 saturated carbocycles. The second-order valence-electron chi connectivity index (χ2n) is 7.41. The van der Waals surface area contributed by atoms with Crippen molar-refractivity contribution in [3.8, 4) is 5.75 Å². The van der Waals surface area contributed by atoms with Gasteiger partial charge in [-0.1, -0.05) is 11.6 Å². The van der Waals surface area contributed by atoms with E-state index >= 15 is 0 Å². The summed E-state index contributed by atoms with van der Waals surface area (Å²) in [4.78, 5) is 14.7. The SMILES string of the molecule is C[C@H]1COC(Nc2ccc3ncnc(N)c3c2)N1c1ccc(OCc2nccs2)c(Cl)c1. The molecule has 1 fully saturated rings. The van der Waals surface area contributed by atoms with Crippen LogP contribution in [0, 0.1) is 0 Å². The Balaban J connectivity index is 1.35.